The molecule has 230 valence electrons. The lowest BCUT2D eigenvalue weighted by molar-refractivity contribution is -0.130. The van der Waals surface area contributed by atoms with E-state index in [1.807, 2.05) is 37.8 Å². The van der Waals surface area contributed by atoms with Crippen LogP contribution in [0.25, 0.3) is 11.1 Å². The molecule has 1 saturated heterocycles. The number of carbonyl (C=O) groups is 2. The molecule has 15 heteroatoms. The molecule has 11 nitrogen and oxygen atoms in total. The number of halogens is 3. The van der Waals surface area contributed by atoms with Gasteiger partial charge in [-0.3, -0.25) is 14.6 Å². The average Bonchev–Trinajstić information content (AvgIpc) is 2.95. The summed E-state index contributed by atoms with van der Waals surface area (Å²) in [5.41, 5.74) is 2.26. The highest BCUT2D eigenvalue weighted by molar-refractivity contribution is 7.90. The predicted molar refractivity (Wildman–Crippen MR) is 152 cm³/mol. The number of rotatable bonds is 7. The first-order chi connectivity index (χ1) is 20.0. The van der Waals surface area contributed by atoms with E-state index in [0.29, 0.717) is 43.1 Å². The number of benzene rings is 1. The molecule has 2 N–H and O–H groups in total. The molecule has 4 rings (SSSR count). The zero-order chi connectivity index (χ0) is 31.6. The van der Waals surface area contributed by atoms with Gasteiger partial charge < -0.3 is 14.9 Å². The Morgan fingerprint density at radius 2 is 1.65 bits per heavy atom. The van der Waals surface area contributed by atoms with Gasteiger partial charge in [0.15, 0.2) is 11.5 Å². The van der Waals surface area contributed by atoms with Crippen molar-refractivity contribution < 1.29 is 36.3 Å². The van der Waals surface area contributed by atoms with Crippen LogP contribution in [0, 0.1) is 0 Å². The summed E-state index contributed by atoms with van der Waals surface area (Å²) in [5, 5.41) is 17.6. The molecule has 3 aromatic rings. The molecule has 0 bridgehead atoms. The van der Waals surface area contributed by atoms with Crippen LogP contribution in [0.3, 0.4) is 0 Å². The standard InChI is InChI=1S/C28H31F3N6O5S/c1-27(2,3)21-13-18(20-15-22(38)17-32-16-20)12-19(14-21)26(40)37-9-7-36(8-10-37)24-5-4-23(33-34-24)25(39)35-43(41,42)11-6-28(29,30)31/h4-5,12-17,38H,6-11H2,1-3H3,(H,35,39). The van der Waals surface area contributed by atoms with E-state index >= 15 is 0 Å². The van der Waals surface area contributed by atoms with Crippen LogP contribution in [0.4, 0.5) is 19.0 Å². The summed E-state index contributed by atoms with van der Waals surface area (Å²) in [6.45, 7) is 7.67. The van der Waals surface area contributed by atoms with Crippen LogP contribution in [0.15, 0.2) is 48.8 Å². The van der Waals surface area contributed by atoms with Crippen molar-refractivity contribution in [3.63, 3.8) is 0 Å². The lowest BCUT2D eigenvalue weighted by atomic mass is 9.84. The number of nitrogens with zero attached hydrogens (tertiary/aromatic N) is 5. The monoisotopic (exact) mass is 620 g/mol. The maximum Gasteiger partial charge on any atom is 0.390 e. The molecule has 2 aromatic heterocycles. The van der Waals surface area contributed by atoms with E-state index in [9.17, 15) is 36.3 Å². The molecule has 1 aromatic carbocycles. The van der Waals surface area contributed by atoms with Gasteiger partial charge in [0.25, 0.3) is 11.8 Å². The fraction of sp³-hybridized carbons (Fsp3) is 0.393. The van der Waals surface area contributed by atoms with Crippen molar-refractivity contribution in [2.75, 3.05) is 36.8 Å². The summed E-state index contributed by atoms with van der Waals surface area (Å²) in [6, 6.07) is 9.89. The van der Waals surface area contributed by atoms with Crippen LogP contribution in [-0.4, -0.2) is 83.5 Å². The van der Waals surface area contributed by atoms with Crippen molar-refractivity contribution >= 4 is 27.7 Å². The maximum absolute atomic E-state index is 13.6. The van der Waals surface area contributed by atoms with E-state index in [1.165, 1.54) is 18.3 Å². The second-order valence-corrected chi connectivity index (χ2v) is 13.0. The molecule has 0 radical (unpaired) electrons. The Kier molecular flexibility index (Phi) is 8.94. The highest BCUT2D eigenvalue weighted by Crippen LogP contribution is 2.31. The van der Waals surface area contributed by atoms with E-state index in [1.54, 1.807) is 28.0 Å². The van der Waals surface area contributed by atoms with Crippen molar-refractivity contribution in [1.82, 2.24) is 24.8 Å². The first kappa shape index (κ1) is 31.7. The fourth-order valence-corrected chi connectivity index (χ4v) is 5.36. The quantitative estimate of drug-likeness (QED) is 0.405. The molecule has 0 unspecified atom stereocenters. The summed E-state index contributed by atoms with van der Waals surface area (Å²) < 4.78 is 62.2. The second kappa shape index (κ2) is 12.1. The summed E-state index contributed by atoms with van der Waals surface area (Å²) in [4.78, 5) is 33.4. The third-order valence-electron chi connectivity index (χ3n) is 6.78. The zero-order valence-corrected chi connectivity index (χ0v) is 24.5. The van der Waals surface area contributed by atoms with Crippen molar-refractivity contribution in [3.8, 4) is 16.9 Å². The zero-order valence-electron chi connectivity index (χ0n) is 23.7. The SMILES string of the molecule is CC(C)(C)c1cc(C(=O)N2CCN(c3ccc(C(=O)NS(=O)(=O)CCC(F)(F)F)nn3)CC2)cc(-c2cncc(O)c2)c1. The lowest BCUT2D eigenvalue weighted by Crippen LogP contribution is -2.49. The van der Waals surface area contributed by atoms with E-state index < -0.39 is 34.3 Å². The number of amides is 2. The van der Waals surface area contributed by atoms with Crippen LogP contribution in [0.2, 0.25) is 0 Å². The summed E-state index contributed by atoms with van der Waals surface area (Å²) in [5.74, 6) is -2.23. The topological polar surface area (TPSA) is 146 Å². The molecule has 0 spiro atoms. The molecule has 2 amide bonds. The Morgan fingerprint density at radius 3 is 2.23 bits per heavy atom. The number of nitrogens with one attached hydrogen (secondary N) is 1. The van der Waals surface area contributed by atoms with Crippen LogP contribution >= 0.6 is 0 Å². The van der Waals surface area contributed by atoms with Crippen molar-refractivity contribution in [3.05, 3.63) is 65.6 Å². The largest absolute Gasteiger partial charge is 0.506 e. The highest BCUT2D eigenvalue weighted by atomic mass is 32.2. The van der Waals surface area contributed by atoms with Gasteiger partial charge in [-0.2, -0.15) is 13.2 Å². The van der Waals surface area contributed by atoms with Gasteiger partial charge in [-0.25, -0.2) is 13.1 Å². The normalized spacial score (nSPS) is 14.5. The van der Waals surface area contributed by atoms with Gasteiger partial charge in [0.2, 0.25) is 10.0 Å². The van der Waals surface area contributed by atoms with Crippen LogP contribution < -0.4 is 9.62 Å². The Balaban J connectivity index is 1.41. The van der Waals surface area contributed by atoms with Gasteiger partial charge in [0.1, 0.15) is 5.75 Å². The predicted octanol–water partition coefficient (Wildman–Crippen LogP) is 3.52. The molecule has 0 atom stereocenters. The van der Waals surface area contributed by atoms with Gasteiger partial charge in [-0.15, -0.1) is 10.2 Å². The number of aromatic hydroxyl groups is 1. The minimum atomic E-state index is -4.68. The molecule has 1 aliphatic rings. The molecule has 0 aliphatic carbocycles. The average molecular weight is 621 g/mol. The summed E-state index contributed by atoms with van der Waals surface area (Å²) in [7, 11) is -4.51. The van der Waals surface area contributed by atoms with Gasteiger partial charge in [-0.05, 0) is 46.9 Å². The number of alkyl halides is 3. The maximum atomic E-state index is 13.6. The molecule has 1 fully saturated rings. The van der Waals surface area contributed by atoms with Gasteiger partial charge >= 0.3 is 6.18 Å². The number of carbonyl (C=O) groups excluding carboxylic acids is 2. The van der Waals surface area contributed by atoms with E-state index in [2.05, 4.69) is 15.2 Å². The minimum absolute atomic E-state index is 0.0189. The third-order valence-corrected chi connectivity index (χ3v) is 8.02. The molecular formula is C28H31F3N6O5S. The highest BCUT2D eigenvalue weighted by Gasteiger charge is 2.31. The van der Waals surface area contributed by atoms with Crippen molar-refractivity contribution in [1.29, 1.82) is 0 Å². The van der Waals surface area contributed by atoms with E-state index in [0.717, 1.165) is 11.1 Å². The number of sulfonamides is 1. The molecule has 0 saturated carbocycles. The smallest absolute Gasteiger partial charge is 0.390 e. The number of hydrogen-bond donors (Lipinski definition) is 2. The Bertz CT molecular complexity index is 1600. The van der Waals surface area contributed by atoms with Crippen LogP contribution in [0.1, 0.15) is 53.6 Å². The third kappa shape index (κ3) is 8.40. The van der Waals surface area contributed by atoms with Gasteiger partial charge in [-0.1, -0.05) is 26.8 Å². The first-order valence-corrected chi connectivity index (χ1v) is 15.0. The Labute approximate surface area is 246 Å². The van der Waals surface area contributed by atoms with Gasteiger partial charge in [0, 0.05) is 43.5 Å². The van der Waals surface area contributed by atoms with E-state index in [4.69, 9.17) is 0 Å². The second-order valence-electron chi connectivity index (χ2n) is 11.2. The number of pyridine rings is 1. The molecule has 1 aliphatic heterocycles. The van der Waals surface area contributed by atoms with Crippen molar-refractivity contribution in [2.45, 2.75) is 38.8 Å². The summed E-state index contributed by atoms with van der Waals surface area (Å²) >= 11 is 0. The number of hydrogen-bond acceptors (Lipinski definition) is 9. The minimum Gasteiger partial charge on any atom is -0.506 e. The fourth-order valence-electron chi connectivity index (χ4n) is 4.37. The molecular weight excluding hydrogens is 589 g/mol. The number of aromatic nitrogens is 3. The Morgan fingerprint density at radius 1 is 0.953 bits per heavy atom. The number of piperazine rings is 1. The van der Waals surface area contributed by atoms with Crippen LogP contribution in [-0.2, 0) is 15.4 Å². The Hall–Kier alpha value is -4.27. The first-order valence-electron chi connectivity index (χ1n) is 13.3. The van der Waals surface area contributed by atoms with E-state index in [-0.39, 0.29) is 22.8 Å². The van der Waals surface area contributed by atoms with Crippen molar-refractivity contribution in [2.24, 2.45) is 0 Å². The summed E-state index contributed by atoms with van der Waals surface area (Å²) in [6.07, 6.45) is -3.31. The van der Waals surface area contributed by atoms with Gasteiger partial charge in [0.05, 0.1) is 18.4 Å². The molecule has 3 heterocycles. The molecule has 43 heavy (non-hydrogen) atoms. The number of anilines is 1. The lowest BCUT2D eigenvalue weighted by Gasteiger charge is -2.35. The van der Waals surface area contributed by atoms with Crippen LogP contribution in [0.5, 0.6) is 5.75 Å².